The summed E-state index contributed by atoms with van der Waals surface area (Å²) in [5.74, 6) is -1.90. The molecule has 1 aliphatic heterocycles. The van der Waals surface area contributed by atoms with Crippen LogP contribution < -0.4 is 0 Å². The van der Waals surface area contributed by atoms with Gasteiger partial charge >= 0.3 is 0 Å². The van der Waals surface area contributed by atoms with Gasteiger partial charge in [0, 0.05) is 38.8 Å². The van der Waals surface area contributed by atoms with Crippen LogP contribution in [-0.2, 0) is 4.74 Å². The lowest BCUT2D eigenvalue weighted by molar-refractivity contribution is 0.0149. The normalized spacial score (nSPS) is 17.4. The monoisotopic (exact) mass is 310 g/mol. The minimum absolute atomic E-state index is 0.238. The molecule has 1 atom stereocenters. The molecule has 1 aromatic carbocycles. The van der Waals surface area contributed by atoms with Crippen molar-refractivity contribution in [2.45, 2.75) is 31.4 Å². The average molecular weight is 310 g/mol. The van der Waals surface area contributed by atoms with Crippen LogP contribution in [0.4, 0.5) is 8.78 Å². The molecule has 22 heavy (non-hydrogen) atoms. The molecule has 1 aliphatic rings. The molecule has 120 valence electrons. The van der Waals surface area contributed by atoms with Gasteiger partial charge in [-0.25, -0.2) is 8.78 Å². The van der Waals surface area contributed by atoms with Crippen molar-refractivity contribution >= 4 is 0 Å². The predicted octanol–water partition coefficient (Wildman–Crippen LogP) is 2.39. The number of nitriles is 1. The maximum absolute atomic E-state index is 13.3. The van der Waals surface area contributed by atoms with Gasteiger partial charge in [-0.15, -0.1) is 0 Å². The van der Waals surface area contributed by atoms with Crippen molar-refractivity contribution in [1.82, 2.24) is 4.90 Å². The van der Waals surface area contributed by atoms with Crippen LogP contribution in [0.5, 0.6) is 0 Å². The van der Waals surface area contributed by atoms with E-state index in [0.717, 1.165) is 25.0 Å². The summed E-state index contributed by atoms with van der Waals surface area (Å²) >= 11 is 0. The third-order valence-electron chi connectivity index (χ3n) is 3.95. The van der Waals surface area contributed by atoms with Crippen molar-refractivity contribution in [2.24, 2.45) is 0 Å². The number of hydrogen-bond acceptors (Lipinski definition) is 4. The Morgan fingerprint density at radius 1 is 1.32 bits per heavy atom. The van der Waals surface area contributed by atoms with Crippen LogP contribution in [0.1, 0.15) is 30.9 Å². The van der Waals surface area contributed by atoms with E-state index in [1.54, 1.807) is 0 Å². The van der Waals surface area contributed by atoms with Crippen LogP contribution >= 0.6 is 0 Å². The van der Waals surface area contributed by atoms with Gasteiger partial charge in [0.05, 0.1) is 12.2 Å². The highest BCUT2D eigenvalue weighted by Crippen LogP contribution is 2.21. The summed E-state index contributed by atoms with van der Waals surface area (Å²) < 4.78 is 31.6. The third kappa shape index (κ3) is 4.47. The van der Waals surface area contributed by atoms with E-state index in [9.17, 15) is 13.9 Å². The van der Waals surface area contributed by atoms with Crippen LogP contribution in [0.2, 0.25) is 0 Å². The second-order valence-electron chi connectivity index (χ2n) is 5.44. The highest BCUT2D eigenvalue weighted by atomic mass is 19.2. The summed E-state index contributed by atoms with van der Waals surface area (Å²) in [7, 11) is 0. The Morgan fingerprint density at radius 3 is 2.68 bits per heavy atom. The zero-order chi connectivity index (χ0) is 15.9. The lowest BCUT2D eigenvalue weighted by atomic mass is 10.0. The van der Waals surface area contributed by atoms with Gasteiger partial charge in [-0.3, -0.25) is 4.90 Å². The largest absolute Gasteiger partial charge is 0.387 e. The van der Waals surface area contributed by atoms with E-state index in [4.69, 9.17) is 10.00 Å². The van der Waals surface area contributed by atoms with E-state index in [1.165, 1.54) is 6.07 Å². The number of aliphatic hydroxyl groups excluding tert-OH is 1. The van der Waals surface area contributed by atoms with E-state index in [0.29, 0.717) is 31.7 Å². The van der Waals surface area contributed by atoms with Crippen molar-refractivity contribution in [3.8, 4) is 6.07 Å². The maximum atomic E-state index is 13.3. The fourth-order valence-corrected chi connectivity index (χ4v) is 2.71. The van der Waals surface area contributed by atoms with Crippen LogP contribution in [-0.4, -0.2) is 42.4 Å². The van der Waals surface area contributed by atoms with Gasteiger partial charge in [-0.05, 0) is 30.5 Å². The van der Waals surface area contributed by atoms with Crippen molar-refractivity contribution in [1.29, 1.82) is 5.26 Å². The number of rotatable bonds is 6. The fourth-order valence-electron chi connectivity index (χ4n) is 2.71. The molecule has 0 unspecified atom stereocenters. The predicted molar refractivity (Wildman–Crippen MR) is 77.0 cm³/mol. The van der Waals surface area contributed by atoms with Gasteiger partial charge in [-0.2, -0.15) is 5.26 Å². The number of benzene rings is 1. The molecule has 1 saturated heterocycles. The first-order chi connectivity index (χ1) is 10.6. The molecule has 0 saturated carbocycles. The molecule has 0 bridgehead atoms. The Labute approximate surface area is 128 Å². The number of halogens is 2. The smallest absolute Gasteiger partial charge is 0.159 e. The highest BCUT2D eigenvalue weighted by Gasteiger charge is 2.24. The SMILES string of the molecule is N#CCCN(C[C@@H](O)c1ccc(F)c(F)c1)C1CCOCC1. The van der Waals surface area contributed by atoms with Crippen molar-refractivity contribution in [3.05, 3.63) is 35.4 Å². The Bertz CT molecular complexity index is 527. The number of nitrogens with zero attached hydrogens (tertiary/aromatic N) is 2. The Hall–Kier alpha value is -1.55. The molecule has 0 aliphatic carbocycles. The van der Waals surface area contributed by atoms with Crippen molar-refractivity contribution in [3.63, 3.8) is 0 Å². The Kier molecular flexibility index (Phi) is 6.25. The molecular weight excluding hydrogens is 290 g/mol. The summed E-state index contributed by atoms with van der Waals surface area (Å²) in [6, 6.07) is 5.76. The topological polar surface area (TPSA) is 56.5 Å². The number of hydrogen-bond donors (Lipinski definition) is 1. The van der Waals surface area contributed by atoms with Crippen LogP contribution in [0, 0.1) is 23.0 Å². The van der Waals surface area contributed by atoms with Gasteiger partial charge in [0.1, 0.15) is 0 Å². The summed E-state index contributed by atoms with van der Waals surface area (Å²) in [6.45, 7) is 2.16. The molecule has 0 aromatic heterocycles. The molecular formula is C16H20F2N2O2. The Morgan fingerprint density at radius 2 is 2.05 bits per heavy atom. The zero-order valence-electron chi connectivity index (χ0n) is 12.3. The maximum Gasteiger partial charge on any atom is 0.159 e. The molecule has 4 nitrogen and oxygen atoms in total. The molecule has 0 spiro atoms. The number of aliphatic hydroxyl groups is 1. The summed E-state index contributed by atoms with van der Waals surface area (Å²) in [5.41, 5.74) is 0.341. The van der Waals surface area contributed by atoms with Gasteiger partial charge < -0.3 is 9.84 Å². The van der Waals surface area contributed by atoms with E-state index in [1.807, 2.05) is 4.90 Å². The zero-order valence-corrected chi connectivity index (χ0v) is 12.3. The van der Waals surface area contributed by atoms with Gasteiger partial charge in [0.2, 0.25) is 0 Å². The molecule has 2 rings (SSSR count). The van der Waals surface area contributed by atoms with Crippen LogP contribution in [0.25, 0.3) is 0 Å². The van der Waals surface area contributed by atoms with E-state index < -0.39 is 17.7 Å². The minimum Gasteiger partial charge on any atom is -0.387 e. The minimum atomic E-state index is -0.966. The molecule has 1 aromatic rings. The Balaban J connectivity index is 2.04. The second kappa shape index (κ2) is 8.18. The van der Waals surface area contributed by atoms with E-state index in [2.05, 4.69) is 6.07 Å². The van der Waals surface area contributed by atoms with Gasteiger partial charge in [0.15, 0.2) is 11.6 Å². The van der Waals surface area contributed by atoms with Gasteiger partial charge in [-0.1, -0.05) is 6.07 Å². The molecule has 1 heterocycles. The first-order valence-corrected chi connectivity index (χ1v) is 7.43. The van der Waals surface area contributed by atoms with Gasteiger partial charge in [0.25, 0.3) is 0 Å². The summed E-state index contributed by atoms with van der Waals surface area (Å²) in [6.07, 6.45) is 1.13. The lowest BCUT2D eigenvalue weighted by Crippen LogP contribution is -2.42. The van der Waals surface area contributed by atoms with Crippen LogP contribution in [0.15, 0.2) is 18.2 Å². The van der Waals surface area contributed by atoms with E-state index in [-0.39, 0.29) is 12.6 Å². The van der Waals surface area contributed by atoms with Crippen LogP contribution in [0.3, 0.4) is 0 Å². The lowest BCUT2D eigenvalue weighted by Gasteiger charge is -2.35. The third-order valence-corrected chi connectivity index (χ3v) is 3.95. The first kappa shape index (κ1) is 16.8. The highest BCUT2D eigenvalue weighted by molar-refractivity contribution is 5.20. The molecule has 6 heteroatoms. The standard InChI is InChI=1S/C16H20F2N2O2/c17-14-3-2-12(10-15(14)18)16(21)11-20(7-1-6-19)13-4-8-22-9-5-13/h2-3,10,13,16,21H,1,4-5,7-9,11H2/t16-/m1/s1. The molecule has 0 amide bonds. The molecule has 1 fully saturated rings. The first-order valence-electron chi connectivity index (χ1n) is 7.43. The quantitative estimate of drug-likeness (QED) is 0.876. The molecule has 1 N–H and O–H groups in total. The average Bonchev–Trinajstić information content (AvgIpc) is 2.54. The fraction of sp³-hybridized carbons (Fsp3) is 0.562. The van der Waals surface area contributed by atoms with Crippen molar-refractivity contribution in [2.75, 3.05) is 26.3 Å². The second-order valence-corrected chi connectivity index (χ2v) is 5.44. The van der Waals surface area contributed by atoms with Crippen molar-refractivity contribution < 1.29 is 18.6 Å². The molecule has 0 radical (unpaired) electrons. The summed E-state index contributed by atoms with van der Waals surface area (Å²) in [4.78, 5) is 2.04. The number of ether oxygens (including phenoxy) is 1. The van der Waals surface area contributed by atoms with E-state index >= 15 is 0 Å². The summed E-state index contributed by atoms with van der Waals surface area (Å²) in [5, 5.41) is 19.1.